The van der Waals surface area contributed by atoms with Crippen molar-refractivity contribution in [2.75, 3.05) is 14.2 Å². The Balaban J connectivity index is 2.46. The van der Waals surface area contributed by atoms with Crippen LogP contribution in [0.15, 0.2) is 45.3 Å². The van der Waals surface area contributed by atoms with E-state index in [4.69, 9.17) is 21.1 Å². The molecule has 2 aromatic carbocycles. The summed E-state index contributed by atoms with van der Waals surface area (Å²) in [5.74, 6) is 1.44. The highest BCUT2D eigenvalue weighted by atomic mass is 79.9. The Bertz CT molecular complexity index is 595. The summed E-state index contributed by atoms with van der Waals surface area (Å²) >= 11 is 13.6. The summed E-state index contributed by atoms with van der Waals surface area (Å²) in [4.78, 5) is 0. The Morgan fingerprint density at radius 1 is 0.950 bits per heavy atom. The number of halogens is 3. The second-order valence-electron chi connectivity index (χ2n) is 4.17. The lowest BCUT2D eigenvalue weighted by atomic mass is 10.0. The predicted octanol–water partition coefficient (Wildman–Crippen LogP) is 5.56. The van der Waals surface area contributed by atoms with Gasteiger partial charge in [-0.15, -0.1) is 11.6 Å². The summed E-state index contributed by atoms with van der Waals surface area (Å²) in [6.45, 7) is 0. The van der Waals surface area contributed by atoms with Crippen molar-refractivity contribution in [2.45, 2.75) is 5.38 Å². The number of rotatable bonds is 4. The van der Waals surface area contributed by atoms with E-state index in [-0.39, 0.29) is 5.38 Å². The average Bonchev–Trinajstić information content (AvgIpc) is 2.48. The number of benzene rings is 2. The first-order valence-corrected chi connectivity index (χ1v) is 7.89. The number of methoxy groups -OCH3 is 2. The van der Waals surface area contributed by atoms with Crippen molar-refractivity contribution in [1.82, 2.24) is 0 Å². The molecule has 2 aromatic rings. The van der Waals surface area contributed by atoms with Gasteiger partial charge in [-0.2, -0.15) is 0 Å². The summed E-state index contributed by atoms with van der Waals surface area (Å²) in [5, 5.41) is -0.300. The molecule has 0 saturated heterocycles. The lowest BCUT2D eigenvalue weighted by Crippen LogP contribution is -1.97. The number of ether oxygens (including phenoxy) is 2. The molecule has 0 radical (unpaired) electrons. The lowest BCUT2D eigenvalue weighted by Gasteiger charge is -2.15. The summed E-state index contributed by atoms with van der Waals surface area (Å²) in [6.07, 6.45) is 0. The number of hydrogen-bond donors (Lipinski definition) is 0. The Morgan fingerprint density at radius 2 is 1.55 bits per heavy atom. The van der Waals surface area contributed by atoms with Crippen molar-refractivity contribution < 1.29 is 9.47 Å². The second-order valence-corrected chi connectivity index (χ2v) is 6.38. The highest BCUT2D eigenvalue weighted by molar-refractivity contribution is 9.11. The normalized spacial score (nSPS) is 12.1. The van der Waals surface area contributed by atoms with Gasteiger partial charge in [-0.3, -0.25) is 0 Å². The Kier molecular flexibility index (Phi) is 5.35. The zero-order chi connectivity index (χ0) is 14.7. The van der Waals surface area contributed by atoms with E-state index < -0.39 is 0 Å². The quantitative estimate of drug-likeness (QED) is 0.603. The van der Waals surface area contributed by atoms with Gasteiger partial charge >= 0.3 is 0 Å². The minimum atomic E-state index is -0.300. The van der Waals surface area contributed by atoms with E-state index in [1.807, 2.05) is 36.4 Å². The number of hydrogen-bond acceptors (Lipinski definition) is 2. The molecule has 0 aliphatic rings. The molecule has 1 atom stereocenters. The molecule has 0 amide bonds. The molecule has 20 heavy (non-hydrogen) atoms. The topological polar surface area (TPSA) is 18.5 Å². The maximum absolute atomic E-state index is 6.60. The molecule has 0 heterocycles. The fourth-order valence-electron chi connectivity index (χ4n) is 1.86. The Morgan fingerprint density at radius 3 is 2.10 bits per heavy atom. The van der Waals surface area contributed by atoms with E-state index in [9.17, 15) is 0 Å². The minimum absolute atomic E-state index is 0.300. The number of alkyl halides is 1. The van der Waals surface area contributed by atoms with Gasteiger partial charge in [0.05, 0.1) is 19.6 Å². The molecule has 0 aliphatic carbocycles. The van der Waals surface area contributed by atoms with Crippen molar-refractivity contribution in [3.8, 4) is 11.5 Å². The van der Waals surface area contributed by atoms with E-state index in [1.165, 1.54) is 0 Å². The maximum atomic E-state index is 6.60. The summed E-state index contributed by atoms with van der Waals surface area (Å²) in [6, 6.07) is 11.6. The van der Waals surface area contributed by atoms with E-state index in [0.717, 1.165) is 31.6 Å². The third-order valence-corrected chi connectivity index (χ3v) is 4.60. The molecule has 0 fully saturated rings. The fraction of sp³-hybridized carbons (Fsp3) is 0.200. The van der Waals surface area contributed by atoms with E-state index >= 15 is 0 Å². The van der Waals surface area contributed by atoms with Crippen molar-refractivity contribution in [1.29, 1.82) is 0 Å². The van der Waals surface area contributed by atoms with Crippen LogP contribution in [0.1, 0.15) is 16.5 Å². The van der Waals surface area contributed by atoms with Crippen LogP contribution in [-0.4, -0.2) is 14.2 Å². The van der Waals surface area contributed by atoms with Gasteiger partial charge in [0, 0.05) is 15.0 Å². The molecule has 1 unspecified atom stereocenters. The monoisotopic (exact) mass is 418 g/mol. The van der Waals surface area contributed by atoms with Gasteiger partial charge in [0.2, 0.25) is 0 Å². The third-order valence-electron chi connectivity index (χ3n) is 2.90. The molecule has 5 heteroatoms. The van der Waals surface area contributed by atoms with Gasteiger partial charge in [0.25, 0.3) is 0 Å². The molecule has 106 valence electrons. The molecular formula is C15H13Br2ClO2. The Labute approximate surface area is 140 Å². The molecular weight excluding hydrogens is 407 g/mol. The molecule has 0 bridgehead atoms. The van der Waals surface area contributed by atoms with Gasteiger partial charge in [-0.25, -0.2) is 0 Å². The predicted molar refractivity (Wildman–Crippen MR) is 89.1 cm³/mol. The van der Waals surface area contributed by atoms with Crippen LogP contribution in [0.2, 0.25) is 0 Å². The van der Waals surface area contributed by atoms with Crippen molar-refractivity contribution in [2.24, 2.45) is 0 Å². The first-order chi connectivity index (χ1) is 9.55. The van der Waals surface area contributed by atoms with E-state index in [2.05, 4.69) is 31.9 Å². The summed E-state index contributed by atoms with van der Waals surface area (Å²) < 4.78 is 12.5. The van der Waals surface area contributed by atoms with Crippen molar-refractivity contribution in [3.63, 3.8) is 0 Å². The highest BCUT2D eigenvalue weighted by Crippen LogP contribution is 2.38. The highest BCUT2D eigenvalue weighted by Gasteiger charge is 2.16. The van der Waals surface area contributed by atoms with Crippen LogP contribution in [0.3, 0.4) is 0 Å². The third kappa shape index (κ3) is 3.48. The molecule has 2 nitrogen and oxygen atoms in total. The van der Waals surface area contributed by atoms with Crippen LogP contribution in [0.4, 0.5) is 0 Å². The minimum Gasteiger partial charge on any atom is -0.497 e. The van der Waals surface area contributed by atoms with Crippen LogP contribution < -0.4 is 9.47 Å². The SMILES string of the molecule is COc1cc(OC)cc(C(Cl)c2cc(Br)ccc2Br)c1. The van der Waals surface area contributed by atoms with Crippen LogP contribution in [0.25, 0.3) is 0 Å². The zero-order valence-corrected chi connectivity index (χ0v) is 14.9. The molecule has 0 N–H and O–H groups in total. The van der Waals surface area contributed by atoms with Crippen LogP contribution in [-0.2, 0) is 0 Å². The molecule has 2 rings (SSSR count). The molecule has 0 aromatic heterocycles. The lowest BCUT2D eigenvalue weighted by molar-refractivity contribution is 0.393. The second kappa shape index (κ2) is 6.83. The van der Waals surface area contributed by atoms with Gasteiger partial charge in [0.1, 0.15) is 11.5 Å². The van der Waals surface area contributed by atoms with E-state index in [0.29, 0.717) is 0 Å². The Hall–Kier alpha value is -0.710. The maximum Gasteiger partial charge on any atom is 0.122 e. The fourth-order valence-corrected chi connectivity index (χ4v) is 3.16. The molecule has 0 aliphatic heterocycles. The molecule has 0 spiro atoms. The van der Waals surface area contributed by atoms with Crippen molar-refractivity contribution >= 4 is 43.5 Å². The summed E-state index contributed by atoms with van der Waals surface area (Å²) in [7, 11) is 3.24. The largest absolute Gasteiger partial charge is 0.497 e. The smallest absolute Gasteiger partial charge is 0.122 e. The van der Waals surface area contributed by atoms with Crippen LogP contribution in [0, 0.1) is 0 Å². The van der Waals surface area contributed by atoms with Crippen molar-refractivity contribution in [3.05, 3.63) is 56.5 Å². The summed E-state index contributed by atoms with van der Waals surface area (Å²) in [5.41, 5.74) is 1.90. The molecule has 0 saturated carbocycles. The van der Waals surface area contributed by atoms with Gasteiger partial charge in [0.15, 0.2) is 0 Å². The van der Waals surface area contributed by atoms with E-state index in [1.54, 1.807) is 14.2 Å². The first kappa shape index (κ1) is 15.7. The van der Waals surface area contributed by atoms with Gasteiger partial charge in [-0.05, 0) is 41.5 Å². The van der Waals surface area contributed by atoms with Gasteiger partial charge < -0.3 is 9.47 Å². The first-order valence-electron chi connectivity index (χ1n) is 5.87. The average molecular weight is 421 g/mol. The van der Waals surface area contributed by atoms with Crippen LogP contribution in [0.5, 0.6) is 11.5 Å². The zero-order valence-electron chi connectivity index (χ0n) is 11.0. The van der Waals surface area contributed by atoms with Crippen LogP contribution >= 0.6 is 43.5 Å². The standard InChI is InChI=1S/C15H13Br2ClO2/c1-19-11-5-9(6-12(8-11)20-2)15(18)13-7-10(16)3-4-14(13)17/h3-8,15H,1-2H3. The van der Waals surface area contributed by atoms with Gasteiger partial charge in [-0.1, -0.05) is 31.9 Å².